The van der Waals surface area contributed by atoms with Crippen molar-refractivity contribution in [2.24, 2.45) is 17.3 Å². The van der Waals surface area contributed by atoms with Crippen molar-refractivity contribution >= 4 is 56.1 Å². The molecule has 2 aliphatic heterocycles. The number of Topliss-reactive ketones (excluding diaryl/α,β-unsaturated/α-hetero) is 1. The first-order chi connectivity index (χ1) is 29.4. The number of imidazole rings is 1. The minimum Gasteiger partial charge on any atom is -0.460 e. The quantitative estimate of drug-likeness (QED) is 0.156. The molecular weight excluding hydrogens is 829 g/mol. The number of fused-ring (bicyclic) bond motifs is 3. The van der Waals surface area contributed by atoms with Gasteiger partial charge < -0.3 is 14.4 Å². The number of esters is 1. The van der Waals surface area contributed by atoms with Crippen molar-refractivity contribution in [2.45, 2.75) is 154 Å². The van der Waals surface area contributed by atoms with Gasteiger partial charge in [-0.15, -0.1) is 11.3 Å². The Morgan fingerprint density at radius 1 is 1.03 bits per heavy atom. The highest BCUT2D eigenvalue weighted by atomic mass is 32.2. The van der Waals surface area contributed by atoms with Gasteiger partial charge in [-0.2, -0.15) is 17.7 Å². The molecule has 4 aliphatic rings. The van der Waals surface area contributed by atoms with Crippen molar-refractivity contribution in [3.63, 3.8) is 0 Å². The molecule has 0 radical (unpaired) electrons. The van der Waals surface area contributed by atoms with Gasteiger partial charge in [0.2, 0.25) is 11.8 Å². The Bertz CT molecular complexity index is 2290. The topological polar surface area (TPSA) is 170 Å². The van der Waals surface area contributed by atoms with E-state index >= 15 is 0 Å². The van der Waals surface area contributed by atoms with Crippen molar-refractivity contribution in [1.82, 2.24) is 28.5 Å². The summed E-state index contributed by atoms with van der Waals surface area (Å²) in [5.74, 6) is -2.54. The number of thiazole rings is 1. The molecule has 16 heteroatoms. The van der Waals surface area contributed by atoms with E-state index in [0.717, 1.165) is 63.7 Å². The van der Waals surface area contributed by atoms with E-state index in [0.29, 0.717) is 31.2 Å². The average molecular weight is 893 g/mol. The van der Waals surface area contributed by atoms with Gasteiger partial charge in [-0.3, -0.25) is 23.7 Å². The summed E-state index contributed by atoms with van der Waals surface area (Å²) in [6.07, 6.45) is 12.8. The highest BCUT2D eigenvalue weighted by molar-refractivity contribution is 7.87. The van der Waals surface area contributed by atoms with Gasteiger partial charge in [-0.1, -0.05) is 50.3 Å². The Labute approximate surface area is 370 Å². The molecule has 4 heterocycles. The second-order valence-electron chi connectivity index (χ2n) is 19.3. The Morgan fingerprint density at radius 3 is 2.47 bits per heavy atom. The van der Waals surface area contributed by atoms with E-state index in [2.05, 4.69) is 23.9 Å². The van der Waals surface area contributed by atoms with Crippen LogP contribution in [0.3, 0.4) is 0 Å². The molecule has 7 rings (SSSR count). The molecule has 2 amide bonds. The first-order valence-corrected chi connectivity index (χ1v) is 24.8. The van der Waals surface area contributed by atoms with Gasteiger partial charge in [0.1, 0.15) is 22.2 Å². The molecule has 0 spiro atoms. The van der Waals surface area contributed by atoms with Crippen LogP contribution in [0.15, 0.2) is 35.7 Å². The van der Waals surface area contributed by atoms with E-state index in [9.17, 15) is 27.6 Å². The van der Waals surface area contributed by atoms with Crippen LogP contribution in [0.4, 0.5) is 0 Å². The molecule has 2 aliphatic carbocycles. The number of carbonyl (C=O) groups excluding carboxylic acids is 4. The second kappa shape index (κ2) is 18.5. The van der Waals surface area contributed by atoms with Crippen molar-refractivity contribution in [1.29, 1.82) is 0 Å². The number of ether oxygens (including phenoxy) is 2. The molecule has 1 N–H and O–H groups in total. The third kappa shape index (κ3) is 10.1. The number of amides is 2. The summed E-state index contributed by atoms with van der Waals surface area (Å²) in [5, 5.41) is 3.08. The number of hydrogen-bond acceptors (Lipinski definition) is 11. The van der Waals surface area contributed by atoms with Crippen LogP contribution in [0.5, 0.6) is 6.01 Å². The van der Waals surface area contributed by atoms with E-state index in [1.165, 1.54) is 38.3 Å². The fraction of sp³-hybridized carbons (Fsp3) is 0.652. The van der Waals surface area contributed by atoms with Crippen LogP contribution in [-0.4, -0.2) is 94.1 Å². The number of para-hydroxylation sites is 1. The van der Waals surface area contributed by atoms with Gasteiger partial charge in [0.05, 0.1) is 35.6 Å². The number of benzene rings is 1. The van der Waals surface area contributed by atoms with Crippen LogP contribution in [0, 0.1) is 17.3 Å². The predicted molar refractivity (Wildman–Crippen MR) is 239 cm³/mol. The summed E-state index contributed by atoms with van der Waals surface area (Å²) in [7, 11) is -1.47. The maximum absolute atomic E-state index is 14.8. The largest absolute Gasteiger partial charge is 0.460 e. The zero-order valence-corrected chi connectivity index (χ0v) is 39.0. The van der Waals surface area contributed by atoms with Crippen LogP contribution in [-0.2, 0) is 34.1 Å². The molecule has 338 valence electrons. The van der Waals surface area contributed by atoms with Crippen LogP contribution in [0.25, 0.3) is 21.6 Å². The first-order valence-electron chi connectivity index (χ1n) is 22.5. The second-order valence-corrected chi connectivity index (χ2v) is 22.1. The standard InChI is InChI=1S/C46H64N6O8S2/c1-29(2)52-36-22-16-21-34(41-47-35(28-61-41)30-17-13-11-14-18-30)40(36)48-44(52)59-33-24-37-38(53)26-46(43(56)49-62(57,58)50(6)7)25-32(46)20-15-10-8-9-12-19-31(42(55)51(37)27-33)23-39(54)60-45(3,4)5/h15-16,20-22,28-33,37H,8-14,17-19,23-27H2,1-7H3,(H,49,56)/b20-15-/t31-,32+,33-,37+,46-/m1/s1. The van der Waals surface area contributed by atoms with Gasteiger partial charge in [0.15, 0.2) is 5.78 Å². The fourth-order valence-corrected chi connectivity index (χ4v) is 11.1. The summed E-state index contributed by atoms with van der Waals surface area (Å²) in [4.78, 5) is 68.5. The Kier molecular flexibility index (Phi) is 13.7. The third-order valence-electron chi connectivity index (χ3n) is 12.9. The molecule has 1 aromatic carbocycles. The zero-order chi connectivity index (χ0) is 44.6. The molecule has 3 fully saturated rings. The lowest BCUT2D eigenvalue weighted by Crippen LogP contribution is -2.47. The molecule has 3 aromatic rings. The SMILES string of the molecule is CC(C)n1c(O[C@@H]2C[C@H]3C(=O)C[C@]4(C(=O)NS(=O)(=O)N(C)C)C[C@@H]4/C=C\CCCCC[C@H](CC(=O)OC(C)(C)C)C(=O)N3C2)nc2c(-c3nc(C4CCCCC4)cs3)cccc21. The minimum atomic E-state index is -4.13. The van der Waals surface area contributed by atoms with Crippen LogP contribution in [0.2, 0.25) is 0 Å². The summed E-state index contributed by atoms with van der Waals surface area (Å²) in [6.45, 7) is 9.53. The van der Waals surface area contributed by atoms with Crippen LogP contribution in [0.1, 0.15) is 142 Å². The summed E-state index contributed by atoms with van der Waals surface area (Å²) in [6, 6.07) is 5.39. The van der Waals surface area contributed by atoms with E-state index in [1.54, 1.807) is 32.1 Å². The Morgan fingerprint density at radius 2 is 1.76 bits per heavy atom. The number of hydrogen-bond donors (Lipinski definition) is 1. The summed E-state index contributed by atoms with van der Waals surface area (Å²) in [5.41, 5.74) is 1.66. The van der Waals surface area contributed by atoms with Gasteiger partial charge in [0.25, 0.3) is 6.01 Å². The zero-order valence-electron chi connectivity index (χ0n) is 37.4. The molecule has 1 saturated heterocycles. The van der Waals surface area contributed by atoms with Crippen molar-refractivity contribution in [2.75, 3.05) is 20.6 Å². The van der Waals surface area contributed by atoms with Crippen LogP contribution >= 0.6 is 11.3 Å². The highest BCUT2D eigenvalue weighted by Crippen LogP contribution is 2.57. The number of nitrogens with zero attached hydrogens (tertiary/aromatic N) is 5. The Hall–Kier alpha value is -4.15. The fourth-order valence-electron chi connectivity index (χ4n) is 9.52. The van der Waals surface area contributed by atoms with Crippen molar-refractivity contribution in [3.05, 3.63) is 41.4 Å². The minimum absolute atomic E-state index is 0.0515. The lowest BCUT2D eigenvalue weighted by Gasteiger charge is -2.29. The smallest absolute Gasteiger partial charge is 0.307 e. The molecular formula is C46H64N6O8S2. The number of rotatable bonds is 10. The van der Waals surface area contributed by atoms with Crippen molar-refractivity contribution in [3.8, 4) is 16.6 Å². The molecule has 14 nitrogen and oxygen atoms in total. The maximum Gasteiger partial charge on any atom is 0.307 e. The number of aromatic nitrogens is 3. The van der Waals surface area contributed by atoms with Gasteiger partial charge in [0, 0.05) is 55.8 Å². The highest BCUT2D eigenvalue weighted by Gasteiger charge is 2.61. The molecule has 5 atom stereocenters. The Balaban J connectivity index is 1.22. The average Bonchev–Trinajstić information content (AvgIpc) is 3.56. The summed E-state index contributed by atoms with van der Waals surface area (Å²) < 4.78 is 43.3. The van der Waals surface area contributed by atoms with E-state index < -0.39 is 51.2 Å². The molecule has 2 aromatic heterocycles. The number of carbonyl (C=O) groups is 4. The lowest BCUT2D eigenvalue weighted by atomic mass is 9.87. The number of nitrogens with one attached hydrogen (secondary N) is 1. The number of allylic oxidation sites excluding steroid dienone is 2. The summed E-state index contributed by atoms with van der Waals surface area (Å²) >= 11 is 1.63. The monoisotopic (exact) mass is 892 g/mol. The van der Waals surface area contributed by atoms with Crippen molar-refractivity contribution < 1.29 is 37.1 Å². The number of ketones is 1. The molecule has 62 heavy (non-hydrogen) atoms. The lowest BCUT2D eigenvalue weighted by molar-refractivity contribution is -0.159. The van der Waals surface area contributed by atoms with E-state index in [1.807, 2.05) is 34.9 Å². The molecule has 0 unspecified atom stereocenters. The molecule has 2 saturated carbocycles. The van der Waals surface area contributed by atoms with Crippen LogP contribution < -0.4 is 9.46 Å². The van der Waals surface area contributed by atoms with E-state index in [4.69, 9.17) is 19.4 Å². The van der Waals surface area contributed by atoms with E-state index in [-0.39, 0.29) is 49.5 Å². The molecule has 0 bridgehead atoms. The third-order valence-corrected chi connectivity index (χ3v) is 15.2. The van der Waals surface area contributed by atoms with Gasteiger partial charge in [-0.25, -0.2) is 9.71 Å². The first kappa shape index (κ1) is 45.9. The normalized spacial score (nSPS) is 26.2. The maximum atomic E-state index is 14.8. The van der Waals surface area contributed by atoms with Gasteiger partial charge in [-0.05, 0) is 91.2 Å². The predicted octanol–water partition coefficient (Wildman–Crippen LogP) is 7.89. The van der Waals surface area contributed by atoms with Gasteiger partial charge >= 0.3 is 16.2 Å².